The molecule has 0 amide bonds. The molecule has 5 nitrogen and oxygen atoms in total. The molecule has 7 heteroatoms. The standard InChI is InChI=1S/C18H28N2O3S.ClH/c1-13(2)9-10-23-15-4-6-16(7-5-15)24(21,22)20-11-14-3-8-18(19)17(14)12-20;/h4-7,13-14,17-18H,3,8-12,19H2,1-2H3;1H. The van der Waals surface area contributed by atoms with Gasteiger partial charge in [0.05, 0.1) is 11.5 Å². The van der Waals surface area contributed by atoms with Crippen molar-refractivity contribution in [2.24, 2.45) is 23.5 Å². The fourth-order valence-corrected chi connectivity index (χ4v) is 5.27. The molecule has 25 heavy (non-hydrogen) atoms. The minimum atomic E-state index is -3.43. The zero-order chi connectivity index (χ0) is 17.3. The number of hydrogen-bond acceptors (Lipinski definition) is 4. The van der Waals surface area contributed by atoms with Crippen LogP contribution in [0.15, 0.2) is 29.2 Å². The van der Waals surface area contributed by atoms with Gasteiger partial charge in [-0.3, -0.25) is 0 Å². The van der Waals surface area contributed by atoms with Gasteiger partial charge in [0.25, 0.3) is 0 Å². The lowest BCUT2D eigenvalue weighted by molar-refractivity contribution is 0.289. The lowest BCUT2D eigenvalue weighted by Gasteiger charge is -2.19. The molecule has 1 aliphatic heterocycles. The second-order valence-corrected chi connectivity index (χ2v) is 9.43. The number of fused-ring (bicyclic) bond motifs is 1. The number of nitrogens with two attached hydrogens (primary N) is 1. The third-order valence-electron chi connectivity index (χ3n) is 5.30. The Morgan fingerprint density at radius 3 is 2.48 bits per heavy atom. The molecule has 0 spiro atoms. The van der Waals surface area contributed by atoms with Crippen molar-refractivity contribution in [2.45, 2.75) is 44.0 Å². The van der Waals surface area contributed by atoms with E-state index in [9.17, 15) is 8.42 Å². The molecular weight excluding hydrogens is 360 g/mol. The molecule has 142 valence electrons. The van der Waals surface area contributed by atoms with E-state index in [1.165, 1.54) is 0 Å². The van der Waals surface area contributed by atoms with Crippen molar-refractivity contribution in [3.05, 3.63) is 24.3 Å². The van der Waals surface area contributed by atoms with Crippen LogP contribution in [0.1, 0.15) is 33.1 Å². The van der Waals surface area contributed by atoms with Crippen LogP contribution >= 0.6 is 12.4 Å². The molecule has 0 aromatic heterocycles. The first-order chi connectivity index (χ1) is 11.4. The van der Waals surface area contributed by atoms with Gasteiger partial charge in [-0.15, -0.1) is 12.4 Å². The molecule has 3 unspecified atom stereocenters. The van der Waals surface area contributed by atoms with Gasteiger partial charge in [-0.2, -0.15) is 4.31 Å². The highest BCUT2D eigenvalue weighted by Gasteiger charge is 2.44. The van der Waals surface area contributed by atoms with Gasteiger partial charge in [0, 0.05) is 19.1 Å². The van der Waals surface area contributed by atoms with Crippen molar-refractivity contribution < 1.29 is 13.2 Å². The third-order valence-corrected chi connectivity index (χ3v) is 7.15. The summed E-state index contributed by atoms with van der Waals surface area (Å²) in [4.78, 5) is 0.340. The Hall–Kier alpha value is -0.820. The molecule has 0 radical (unpaired) electrons. The average molecular weight is 389 g/mol. The van der Waals surface area contributed by atoms with Crippen LogP contribution in [0, 0.1) is 17.8 Å². The van der Waals surface area contributed by atoms with Crippen molar-refractivity contribution in [2.75, 3.05) is 19.7 Å². The maximum absolute atomic E-state index is 12.8. The van der Waals surface area contributed by atoms with Crippen molar-refractivity contribution in [3.63, 3.8) is 0 Å². The van der Waals surface area contributed by atoms with E-state index >= 15 is 0 Å². The van der Waals surface area contributed by atoms with Crippen molar-refractivity contribution in [1.82, 2.24) is 4.31 Å². The summed E-state index contributed by atoms with van der Waals surface area (Å²) in [7, 11) is -3.43. The van der Waals surface area contributed by atoms with E-state index in [1.54, 1.807) is 28.6 Å². The van der Waals surface area contributed by atoms with Gasteiger partial charge in [0.1, 0.15) is 5.75 Å². The predicted molar refractivity (Wildman–Crippen MR) is 102 cm³/mol. The molecule has 2 N–H and O–H groups in total. The Labute approximate surface area is 157 Å². The highest BCUT2D eigenvalue weighted by atomic mass is 35.5. The first kappa shape index (κ1) is 20.5. The zero-order valence-corrected chi connectivity index (χ0v) is 16.6. The molecule has 1 aromatic rings. The zero-order valence-electron chi connectivity index (χ0n) is 14.9. The van der Waals surface area contributed by atoms with E-state index in [-0.39, 0.29) is 18.4 Å². The van der Waals surface area contributed by atoms with Gasteiger partial charge in [-0.05, 0) is 61.3 Å². The summed E-state index contributed by atoms with van der Waals surface area (Å²) >= 11 is 0. The Balaban J connectivity index is 0.00000225. The van der Waals surface area contributed by atoms with Crippen LogP contribution in [0.25, 0.3) is 0 Å². The summed E-state index contributed by atoms with van der Waals surface area (Å²) in [6, 6.07) is 6.93. The molecule has 1 saturated heterocycles. The number of rotatable bonds is 6. The summed E-state index contributed by atoms with van der Waals surface area (Å²) in [5, 5.41) is 0. The van der Waals surface area contributed by atoms with Crippen LogP contribution in [0.5, 0.6) is 5.75 Å². The van der Waals surface area contributed by atoms with Crippen LogP contribution in [0.3, 0.4) is 0 Å². The first-order valence-electron chi connectivity index (χ1n) is 8.86. The predicted octanol–water partition coefficient (Wildman–Crippen LogP) is 2.89. The molecule has 1 aromatic carbocycles. The number of benzene rings is 1. The summed E-state index contributed by atoms with van der Waals surface area (Å²) in [5.74, 6) is 2.05. The van der Waals surface area contributed by atoms with Crippen LogP contribution in [0.2, 0.25) is 0 Å². The van der Waals surface area contributed by atoms with Gasteiger partial charge < -0.3 is 10.5 Å². The van der Waals surface area contributed by atoms with E-state index in [4.69, 9.17) is 10.5 Å². The lowest BCUT2D eigenvalue weighted by atomic mass is 9.98. The van der Waals surface area contributed by atoms with E-state index in [2.05, 4.69) is 13.8 Å². The quantitative estimate of drug-likeness (QED) is 0.813. The summed E-state index contributed by atoms with van der Waals surface area (Å²) < 4.78 is 32.9. The smallest absolute Gasteiger partial charge is 0.243 e. The van der Waals surface area contributed by atoms with E-state index in [0.717, 1.165) is 25.0 Å². The van der Waals surface area contributed by atoms with Gasteiger partial charge >= 0.3 is 0 Å². The molecule has 2 aliphatic rings. The lowest BCUT2D eigenvalue weighted by Crippen LogP contribution is -2.33. The third kappa shape index (κ3) is 4.48. The molecule has 3 atom stereocenters. The fraction of sp³-hybridized carbons (Fsp3) is 0.667. The number of sulfonamides is 1. The van der Waals surface area contributed by atoms with Crippen LogP contribution in [-0.2, 0) is 10.0 Å². The van der Waals surface area contributed by atoms with E-state index < -0.39 is 10.0 Å². The van der Waals surface area contributed by atoms with Gasteiger partial charge in [-0.1, -0.05) is 13.8 Å². The minimum Gasteiger partial charge on any atom is -0.494 e. The summed E-state index contributed by atoms with van der Waals surface area (Å²) in [6.07, 6.45) is 3.04. The van der Waals surface area contributed by atoms with Gasteiger partial charge in [0.15, 0.2) is 0 Å². The summed E-state index contributed by atoms with van der Waals surface area (Å²) in [5.41, 5.74) is 6.11. The van der Waals surface area contributed by atoms with Crippen LogP contribution in [0.4, 0.5) is 0 Å². The highest BCUT2D eigenvalue weighted by Crippen LogP contribution is 2.39. The van der Waals surface area contributed by atoms with Gasteiger partial charge in [0.2, 0.25) is 10.0 Å². The Bertz CT molecular complexity index is 663. The van der Waals surface area contributed by atoms with Crippen molar-refractivity contribution in [1.29, 1.82) is 0 Å². The van der Waals surface area contributed by atoms with Crippen molar-refractivity contribution >= 4 is 22.4 Å². The fourth-order valence-electron chi connectivity index (χ4n) is 3.73. The Morgan fingerprint density at radius 2 is 1.88 bits per heavy atom. The SMILES string of the molecule is CC(C)CCOc1ccc(S(=O)(=O)N2CC3CCC(N)C3C2)cc1.Cl. The normalized spacial score (nSPS) is 26.5. The number of halogens is 1. The second kappa shape index (κ2) is 8.25. The largest absolute Gasteiger partial charge is 0.494 e. The highest BCUT2D eigenvalue weighted by molar-refractivity contribution is 7.89. The molecule has 0 bridgehead atoms. The number of nitrogens with zero attached hydrogens (tertiary/aromatic N) is 1. The number of hydrogen-bond donors (Lipinski definition) is 1. The van der Waals surface area contributed by atoms with E-state index in [1.807, 2.05) is 0 Å². The molecule has 1 aliphatic carbocycles. The van der Waals surface area contributed by atoms with Gasteiger partial charge in [-0.25, -0.2) is 8.42 Å². The van der Waals surface area contributed by atoms with E-state index in [0.29, 0.717) is 42.3 Å². The molecule has 2 fully saturated rings. The van der Waals surface area contributed by atoms with Crippen LogP contribution < -0.4 is 10.5 Å². The van der Waals surface area contributed by atoms with Crippen molar-refractivity contribution in [3.8, 4) is 5.75 Å². The second-order valence-electron chi connectivity index (χ2n) is 7.49. The molecule has 1 saturated carbocycles. The molecular formula is C18H29ClN2O3S. The average Bonchev–Trinajstić information content (AvgIpc) is 3.10. The Morgan fingerprint density at radius 1 is 1.20 bits per heavy atom. The van der Waals surface area contributed by atoms with Crippen LogP contribution in [-0.4, -0.2) is 38.5 Å². The Kier molecular flexibility index (Phi) is 6.76. The monoisotopic (exact) mass is 388 g/mol. The molecule has 1 heterocycles. The maximum atomic E-state index is 12.8. The summed E-state index contributed by atoms with van der Waals surface area (Å²) in [6.45, 7) is 6.11. The maximum Gasteiger partial charge on any atom is 0.243 e. The minimum absolute atomic E-state index is 0. The molecule has 3 rings (SSSR count). The number of ether oxygens (including phenoxy) is 1. The topological polar surface area (TPSA) is 72.6 Å². The first-order valence-corrected chi connectivity index (χ1v) is 10.3.